The maximum atomic E-state index is 11.5. The van der Waals surface area contributed by atoms with Gasteiger partial charge in [0.25, 0.3) is 0 Å². The molecule has 0 unspecified atom stereocenters. The second kappa shape index (κ2) is 7.20. The van der Waals surface area contributed by atoms with Crippen LogP contribution >= 0.6 is 11.6 Å². The van der Waals surface area contributed by atoms with Crippen molar-refractivity contribution in [1.29, 1.82) is 0 Å². The Bertz CT molecular complexity index is 557. The Morgan fingerprint density at radius 3 is 2.52 bits per heavy atom. The van der Waals surface area contributed by atoms with Crippen LogP contribution in [0.1, 0.15) is 19.4 Å². The van der Waals surface area contributed by atoms with Crippen molar-refractivity contribution in [3.63, 3.8) is 0 Å². The number of hydrogen-bond acceptors (Lipinski definition) is 3. The van der Waals surface area contributed by atoms with Crippen molar-refractivity contribution >= 4 is 17.5 Å². The van der Waals surface area contributed by atoms with Crippen LogP contribution in [-0.4, -0.2) is 65.9 Å². The zero-order valence-corrected chi connectivity index (χ0v) is 14.8. The van der Waals surface area contributed by atoms with Crippen molar-refractivity contribution in [3.05, 3.63) is 34.9 Å². The fraction of sp³-hybridized carbons (Fsp3) is 0.611. The van der Waals surface area contributed by atoms with Crippen LogP contribution in [0.25, 0.3) is 0 Å². The lowest BCUT2D eigenvalue weighted by Gasteiger charge is -2.39. The molecule has 2 atom stereocenters. The zero-order valence-electron chi connectivity index (χ0n) is 14.0. The average molecular weight is 336 g/mol. The lowest BCUT2D eigenvalue weighted by Crippen LogP contribution is -2.53. The van der Waals surface area contributed by atoms with Gasteiger partial charge in [-0.3, -0.25) is 14.6 Å². The average Bonchev–Trinajstić information content (AvgIpc) is 2.90. The van der Waals surface area contributed by atoms with Gasteiger partial charge in [0.05, 0.1) is 0 Å². The number of rotatable bonds is 3. The SMILES string of the molecule is CC(=O)N1CCN([C@@H]2CN(Cc3ccccc3Cl)C[C@@H]2C)CC1. The highest BCUT2D eigenvalue weighted by Gasteiger charge is 2.35. The van der Waals surface area contributed by atoms with Crippen LogP contribution in [0.15, 0.2) is 24.3 Å². The molecule has 2 saturated heterocycles. The molecule has 126 valence electrons. The number of hydrogen-bond donors (Lipinski definition) is 0. The summed E-state index contributed by atoms with van der Waals surface area (Å²) in [6.07, 6.45) is 0. The van der Waals surface area contributed by atoms with Crippen LogP contribution in [0.2, 0.25) is 5.02 Å². The largest absolute Gasteiger partial charge is 0.340 e. The summed E-state index contributed by atoms with van der Waals surface area (Å²) in [5.41, 5.74) is 1.21. The van der Waals surface area contributed by atoms with Gasteiger partial charge in [-0.1, -0.05) is 36.7 Å². The maximum absolute atomic E-state index is 11.5. The Morgan fingerprint density at radius 2 is 1.87 bits per heavy atom. The van der Waals surface area contributed by atoms with Crippen molar-refractivity contribution < 1.29 is 4.79 Å². The third-order valence-electron chi connectivity index (χ3n) is 5.23. The van der Waals surface area contributed by atoms with E-state index in [0.29, 0.717) is 12.0 Å². The number of carbonyl (C=O) groups excluding carboxylic acids is 1. The summed E-state index contributed by atoms with van der Waals surface area (Å²) in [4.78, 5) is 18.5. The fourth-order valence-corrected chi connectivity index (χ4v) is 4.08. The predicted molar refractivity (Wildman–Crippen MR) is 93.5 cm³/mol. The van der Waals surface area contributed by atoms with Crippen LogP contribution in [0, 0.1) is 5.92 Å². The second-order valence-electron chi connectivity index (χ2n) is 6.87. The molecule has 23 heavy (non-hydrogen) atoms. The van der Waals surface area contributed by atoms with Crippen molar-refractivity contribution in [2.45, 2.75) is 26.4 Å². The first-order valence-corrected chi connectivity index (χ1v) is 8.87. The minimum Gasteiger partial charge on any atom is -0.340 e. The van der Waals surface area contributed by atoms with Gasteiger partial charge >= 0.3 is 0 Å². The van der Waals surface area contributed by atoms with E-state index in [2.05, 4.69) is 28.9 Å². The van der Waals surface area contributed by atoms with E-state index in [1.807, 2.05) is 17.0 Å². The van der Waals surface area contributed by atoms with Gasteiger partial charge in [0.15, 0.2) is 0 Å². The predicted octanol–water partition coefficient (Wildman–Crippen LogP) is 2.32. The molecular weight excluding hydrogens is 310 g/mol. The fourth-order valence-electron chi connectivity index (χ4n) is 3.89. The van der Waals surface area contributed by atoms with Gasteiger partial charge in [-0.25, -0.2) is 0 Å². The lowest BCUT2D eigenvalue weighted by molar-refractivity contribution is -0.130. The van der Waals surface area contributed by atoms with Gasteiger partial charge in [0.1, 0.15) is 0 Å². The Labute approximate surface area is 144 Å². The summed E-state index contributed by atoms with van der Waals surface area (Å²) < 4.78 is 0. The molecular formula is C18H26ClN3O. The van der Waals surface area contributed by atoms with Crippen molar-refractivity contribution in [1.82, 2.24) is 14.7 Å². The van der Waals surface area contributed by atoms with E-state index in [9.17, 15) is 4.79 Å². The number of amides is 1. The summed E-state index contributed by atoms with van der Waals surface area (Å²) in [6, 6.07) is 8.71. The normalized spacial score (nSPS) is 26.7. The van der Waals surface area contributed by atoms with E-state index in [-0.39, 0.29) is 5.91 Å². The molecule has 5 heteroatoms. The van der Waals surface area contributed by atoms with Gasteiger partial charge in [0.2, 0.25) is 5.91 Å². The molecule has 2 heterocycles. The summed E-state index contributed by atoms with van der Waals surface area (Å²) >= 11 is 6.30. The van der Waals surface area contributed by atoms with Crippen LogP contribution in [0.3, 0.4) is 0 Å². The molecule has 0 aromatic heterocycles. The molecule has 0 radical (unpaired) electrons. The minimum absolute atomic E-state index is 0.199. The van der Waals surface area contributed by atoms with E-state index < -0.39 is 0 Å². The molecule has 2 aliphatic heterocycles. The Hall–Kier alpha value is -1.10. The van der Waals surface area contributed by atoms with Crippen molar-refractivity contribution in [2.75, 3.05) is 39.3 Å². The first-order chi connectivity index (χ1) is 11.0. The minimum atomic E-state index is 0.199. The first-order valence-electron chi connectivity index (χ1n) is 8.50. The van der Waals surface area contributed by atoms with Gasteiger partial charge < -0.3 is 4.90 Å². The molecule has 0 spiro atoms. The third kappa shape index (κ3) is 3.87. The molecule has 0 N–H and O–H groups in total. The molecule has 4 nitrogen and oxygen atoms in total. The molecule has 1 aromatic rings. The summed E-state index contributed by atoms with van der Waals surface area (Å²) in [7, 11) is 0. The molecule has 1 amide bonds. The molecule has 2 fully saturated rings. The lowest BCUT2D eigenvalue weighted by atomic mass is 10.0. The number of nitrogens with zero attached hydrogens (tertiary/aromatic N) is 3. The van der Waals surface area contributed by atoms with Crippen LogP contribution in [0.4, 0.5) is 0 Å². The number of piperazine rings is 1. The van der Waals surface area contributed by atoms with Gasteiger partial charge in [-0.2, -0.15) is 0 Å². The van der Waals surface area contributed by atoms with E-state index >= 15 is 0 Å². The smallest absolute Gasteiger partial charge is 0.219 e. The highest BCUT2D eigenvalue weighted by atomic mass is 35.5. The van der Waals surface area contributed by atoms with E-state index in [0.717, 1.165) is 50.8 Å². The highest BCUT2D eigenvalue weighted by molar-refractivity contribution is 6.31. The first kappa shape index (κ1) is 16.7. The van der Waals surface area contributed by atoms with Crippen LogP contribution in [-0.2, 0) is 11.3 Å². The second-order valence-corrected chi connectivity index (χ2v) is 7.28. The van der Waals surface area contributed by atoms with Gasteiger partial charge in [-0.15, -0.1) is 0 Å². The number of carbonyl (C=O) groups is 1. The zero-order chi connectivity index (χ0) is 16.4. The topological polar surface area (TPSA) is 26.8 Å². The number of halogens is 1. The summed E-state index contributed by atoms with van der Waals surface area (Å²) in [5.74, 6) is 0.853. The summed E-state index contributed by atoms with van der Waals surface area (Å²) in [6.45, 7) is 10.9. The molecule has 3 rings (SSSR count). The Morgan fingerprint density at radius 1 is 1.17 bits per heavy atom. The van der Waals surface area contributed by atoms with Crippen LogP contribution in [0.5, 0.6) is 0 Å². The van der Waals surface area contributed by atoms with Crippen molar-refractivity contribution in [2.24, 2.45) is 5.92 Å². The highest BCUT2D eigenvalue weighted by Crippen LogP contribution is 2.26. The monoisotopic (exact) mass is 335 g/mol. The number of benzene rings is 1. The molecule has 0 bridgehead atoms. The van der Waals surface area contributed by atoms with E-state index in [1.54, 1.807) is 6.92 Å². The van der Waals surface area contributed by atoms with Gasteiger partial charge in [0, 0.05) is 63.8 Å². The third-order valence-corrected chi connectivity index (χ3v) is 5.60. The molecule has 2 aliphatic rings. The Balaban J connectivity index is 1.57. The molecule has 1 aromatic carbocycles. The van der Waals surface area contributed by atoms with Gasteiger partial charge in [-0.05, 0) is 17.5 Å². The van der Waals surface area contributed by atoms with E-state index in [4.69, 9.17) is 11.6 Å². The number of likely N-dealkylation sites (tertiary alicyclic amines) is 1. The Kier molecular flexibility index (Phi) is 5.24. The molecule has 0 aliphatic carbocycles. The maximum Gasteiger partial charge on any atom is 0.219 e. The van der Waals surface area contributed by atoms with Crippen molar-refractivity contribution in [3.8, 4) is 0 Å². The molecule has 0 saturated carbocycles. The van der Waals surface area contributed by atoms with Crippen LogP contribution < -0.4 is 0 Å². The van der Waals surface area contributed by atoms with E-state index in [1.165, 1.54) is 5.56 Å². The quantitative estimate of drug-likeness (QED) is 0.848. The summed E-state index contributed by atoms with van der Waals surface area (Å²) in [5, 5.41) is 0.860. The standard InChI is InChI=1S/C18H26ClN3O/c1-14-11-20(12-16-5-3-4-6-17(16)19)13-18(14)22-9-7-21(8-10-22)15(2)23/h3-6,14,18H,7-13H2,1-2H3/t14-,18+/m0/s1.